The van der Waals surface area contributed by atoms with Crippen molar-refractivity contribution in [1.29, 1.82) is 0 Å². The van der Waals surface area contributed by atoms with Gasteiger partial charge in [-0.1, -0.05) is 23.2 Å². The van der Waals surface area contributed by atoms with E-state index in [0.717, 1.165) is 36.6 Å². The highest BCUT2D eigenvalue weighted by Gasteiger charge is 2.24. The van der Waals surface area contributed by atoms with Gasteiger partial charge in [-0.2, -0.15) is 0 Å². The second-order valence-electron chi connectivity index (χ2n) is 5.88. The molecule has 0 spiro atoms. The fourth-order valence-electron chi connectivity index (χ4n) is 3.03. The van der Waals surface area contributed by atoms with Crippen molar-refractivity contribution in [2.75, 3.05) is 6.61 Å². The van der Waals surface area contributed by atoms with Crippen LogP contribution in [-0.2, 0) is 0 Å². The van der Waals surface area contributed by atoms with Gasteiger partial charge in [0.2, 0.25) is 0 Å². The predicted molar refractivity (Wildman–Crippen MR) is 88.6 cm³/mol. The third-order valence-corrected chi connectivity index (χ3v) is 4.99. The molecule has 0 unspecified atom stereocenters. The maximum atomic E-state index is 12.4. The first-order valence-electron chi connectivity index (χ1n) is 7.47. The Bertz CT molecular complexity index is 691. The van der Waals surface area contributed by atoms with Crippen molar-refractivity contribution in [3.05, 3.63) is 33.9 Å². The fraction of sp³-hybridized carbons (Fsp3) is 0.438. The number of aliphatic hydroxyl groups excluding tert-OH is 1. The number of aromatic amines is 1. The third kappa shape index (κ3) is 3.09. The third-order valence-electron chi connectivity index (χ3n) is 4.36. The van der Waals surface area contributed by atoms with Gasteiger partial charge in [-0.15, -0.1) is 0 Å². The topological polar surface area (TPSA) is 65.1 Å². The molecule has 3 rings (SSSR count). The molecule has 118 valence electrons. The molecule has 1 aromatic heterocycles. The van der Waals surface area contributed by atoms with Gasteiger partial charge in [-0.3, -0.25) is 4.79 Å². The standard InChI is InChI=1S/C16H18Cl2N2O2/c17-10-3-6-13-12(7-10)14(18)15(20-13)16(22)19-11-4-1-9(8-21)2-5-11/h3,6-7,9,11,20-21H,1-2,4-5,8H2,(H,19,22). The average Bonchev–Trinajstić information content (AvgIpc) is 2.85. The highest BCUT2D eigenvalue weighted by Crippen LogP contribution is 2.30. The number of aromatic nitrogens is 1. The Morgan fingerprint density at radius 2 is 2.00 bits per heavy atom. The minimum Gasteiger partial charge on any atom is -0.396 e. The second kappa shape index (κ2) is 6.49. The summed E-state index contributed by atoms with van der Waals surface area (Å²) in [7, 11) is 0. The van der Waals surface area contributed by atoms with E-state index >= 15 is 0 Å². The number of hydrogen-bond acceptors (Lipinski definition) is 2. The zero-order chi connectivity index (χ0) is 15.7. The zero-order valence-corrected chi connectivity index (χ0v) is 13.5. The highest BCUT2D eigenvalue weighted by molar-refractivity contribution is 6.39. The SMILES string of the molecule is O=C(NC1CCC(CO)CC1)c1[nH]c2ccc(Cl)cc2c1Cl. The molecule has 1 aliphatic rings. The van der Waals surface area contributed by atoms with E-state index in [9.17, 15) is 4.79 Å². The Morgan fingerprint density at radius 1 is 1.27 bits per heavy atom. The van der Waals surface area contributed by atoms with Gasteiger partial charge in [0.05, 0.1) is 5.02 Å². The fourth-order valence-corrected chi connectivity index (χ4v) is 3.50. The molecule has 4 nitrogen and oxygen atoms in total. The first kappa shape index (κ1) is 15.7. The van der Waals surface area contributed by atoms with Gasteiger partial charge in [0, 0.05) is 28.6 Å². The molecular weight excluding hydrogens is 323 g/mol. The van der Waals surface area contributed by atoms with E-state index in [1.807, 2.05) is 6.07 Å². The molecule has 1 fully saturated rings. The van der Waals surface area contributed by atoms with Crippen LogP contribution in [0.25, 0.3) is 10.9 Å². The molecule has 1 saturated carbocycles. The van der Waals surface area contributed by atoms with Crippen molar-refractivity contribution in [2.45, 2.75) is 31.7 Å². The summed E-state index contributed by atoms with van der Waals surface area (Å²) in [5.74, 6) is 0.178. The average molecular weight is 341 g/mol. The first-order valence-corrected chi connectivity index (χ1v) is 8.22. The van der Waals surface area contributed by atoms with Gasteiger partial charge in [-0.05, 0) is 49.8 Å². The van der Waals surface area contributed by atoms with E-state index in [-0.39, 0.29) is 18.6 Å². The Morgan fingerprint density at radius 3 is 2.68 bits per heavy atom. The molecule has 1 heterocycles. The summed E-state index contributed by atoms with van der Waals surface area (Å²) in [4.78, 5) is 15.5. The van der Waals surface area contributed by atoms with E-state index in [1.54, 1.807) is 12.1 Å². The lowest BCUT2D eigenvalue weighted by atomic mass is 9.86. The summed E-state index contributed by atoms with van der Waals surface area (Å²) in [5.41, 5.74) is 1.17. The van der Waals surface area contributed by atoms with E-state index in [0.29, 0.717) is 21.7 Å². The van der Waals surface area contributed by atoms with Crippen molar-refractivity contribution in [2.24, 2.45) is 5.92 Å². The van der Waals surface area contributed by atoms with Gasteiger partial charge < -0.3 is 15.4 Å². The number of carbonyl (C=O) groups is 1. The van der Waals surface area contributed by atoms with E-state index in [4.69, 9.17) is 28.3 Å². The van der Waals surface area contributed by atoms with Crippen LogP contribution in [0.5, 0.6) is 0 Å². The number of amides is 1. The summed E-state index contributed by atoms with van der Waals surface area (Å²) in [6.07, 6.45) is 3.66. The van der Waals surface area contributed by atoms with Crippen LogP contribution in [0.15, 0.2) is 18.2 Å². The molecule has 1 aromatic carbocycles. The van der Waals surface area contributed by atoms with Crippen molar-refractivity contribution in [3.8, 4) is 0 Å². The number of carbonyl (C=O) groups excluding carboxylic acids is 1. The van der Waals surface area contributed by atoms with E-state index in [1.165, 1.54) is 0 Å². The zero-order valence-electron chi connectivity index (χ0n) is 12.0. The Hall–Kier alpha value is -1.23. The van der Waals surface area contributed by atoms with Gasteiger partial charge in [0.1, 0.15) is 5.69 Å². The number of hydrogen-bond donors (Lipinski definition) is 3. The summed E-state index contributed by atoms with van der Waals surface area (Å²) in [6.45, 7) is 0.231. The van der Waals surface area contributed by atoms with Gasteiger partial charge >= 0.3 is 0 Å². The molecule has 0 saturated heterocycles. The predicted octanol–water partition coefficient (Wildman–Crippen LogP) is 3.76. The molecule has 0 radical (unpaired) electrons. The number of fused-ring (bicyclic) bond motifs is 1. The monoisotopic (exact) mass is 340 g/mol. The van der Waals surface area contributed by atoms with E-state index in [2.05, 4.69) is 10.3 Å². The van der Waals surface area contributed by atoms with Gasteiger partial charge in [0.15, 0.2) is 0 Å². The molecule has 1 aliphatic carbocycles. The summed E-state index contributed by atoms with van der Waals surface area (Å²) in [6, 6.07) is 5.46. The Kier molecular flexibility index (Phi) is 4.62. The van der Waals surface area contributed by atoms with Crippen LogP contribution in [0.3, 0.4) is 0 Å². The Balaban J connectivity index is 1.74. The smallest absolute Gasteiger partial charge is 0.269 e. The van der Waals surface area contributed by atoms with Crippen molar-refractivity contribution < 1.29 is 9.90 Å². The van der Waals surface area contributed by atoms with Crippen molar-refractivity contribution in [3.63, 3.8) is 0 Å². The molecular formula is C16H18Cl2N2O2. The molecule has 0 aliphatic heterocycles. The largest absolute Gasteiger partial charge is 0.396 e. The van der Waals surface area contributed by atoms with Crippen LogP contribution in [0.2, 0.25) is 10.0 Å². The number of benzene rings is 1. The molecule has 3 N–H and O–H groups in total. The van der Waals surface area contributed by atoms with Gasteiger partial charge in [0.25, 0.3) is 5.91 Å². The number of H-pyrrole nitrogens is 1. The van der Waals surface area contributed by atoms with Crippen molar-refractivity contribution in [1.82, 2.24) is 10.3 Å². The summed E-state index contributed by atoms with van der Waals surface area (Å²) >= 11 is 12.3. The molecule has 0 atom stereocenters. The molecule has 0 bridgehead atoms. The summed E-state index contributed by atoms with van der Waals surface area (Å²) < 4.78 is 0. The highest BCUT2D eigenvalue weighted by atomic mass is 35.5. The van der Waals surface area contributed by atoms with Gasteiger partial charge in [-0.25, -0.2) is 0 Å². The molecule has 2 aromatic rings. The minimum absolute atomic E-state index is 0.140. The molecule has 22 heavy (non-hydrogen) atoms. The summed E-state index contributed by atoms with van der Waals surface area (Å²) in [5, 5.41) is 13.9. The Labute approximate surface area is 138 Å². The number of aliphatic hydroxyl groups is 1. The molecule has 6 heteroatoms. The maximum absolute atomic E-state index is 12.4. The number of nitrogens with one attached hydrogen (secondary N) is 2. The van der Waals surface area contributed by atoms with Crippen LogP contribution in [0, 0.1) is 5.92 Å². The lowest BCUT2D eigenvalue weighted by molar-refractivity contribution is 0.0910. The number of halogens is 2. The van der Waals surface area contributed by atoms with Crippen LogP contribution >= 0.6 is 23.2 Å². The van der Waals surface area contributed by atoms with Crippen LogP contribution < -0.4 is 5.32 Å². The van der Waals surface area contributed by atoms with Crippen molar-refractivity contribution >= 4 is 40.0 Å². The van der Waals surface area contributed by atoms with Crippen LogP contribution in [0.1, 0.15) is 36.2 Å². The molecule has 1 amide bonds. The van der Waals surface area contributed by atoms with Crippen LogP contribution in [0.4, 0.5) is 0 Å². The first-order chi connectivity index (χ1) is 10.6. The minimum atomic E-state index is -0.190. The quantitative estimate of drug-likeness (QED) is 0.796. The lowest BCUT2D eigenvalue weighted by Crippen LogP contribution is -2.38. The second-order valence-corrected chi connectivity index (χ2v) is 6.69. The normalized spacial score (nSPS) is 22.0. The van der Waals surface area contributed by atoms with E-state index < -0.39 is 0 Å². The van der Waals surface area contributed by atoms with Crippen LogP contribution in [-0.4, -0.2) is 28.6 Å². The maximum Gasteiger partial charge on any atom is 0.269 e. The lowest BCUT2D eigenvalue weighted by Gasteiger charge is -2.27. The number of rotatable bonds is 3.